The summed E-state index contributed by atoms with van der Waals surface area (Å²) in [5.41, 5.74) is 0.580. The van der Waals surface area contributed by atoms with Gasteiger partial charge in [0.05, 0.1) is 11.6 Å². The molecule has 7 nitrogen and oxygen atoms in total. The van der Waals surface area contributed by atoms with E-state index in [4.69, 9.17) is 14.7 Å². The fourth-order valence-electron chi connectivity index (χ4n) is 4.53. The quantitative estimate of drug-likeness (QED) is 0.876. The topological polar surface area (TPSA) is 77.8 Å². The van der Waals surface area contributed by atoms with Crippen molar-refractivity contribution in [2.45, 2.75) is 19.4 Å². The molecule has 0 radical (unpaired) electrons. The lowest BCUT2D eigenvalue weighted by Gasteiger charge is -2.46. The average molecular weight is 370 g/mol. The highest BCUT2D eigenvalue weighted by atomic mass is 16.6. The molecular weight excluding hydrogens is 344 g/mol. The van der Waals surface area contributed by atoms with E-state index in [1.807, 2.05) is 11.8 Å². The minimum Gasteiger partial charge on any atom is -0.486 e. The van der Waals surface area contributed by atoms with E-state index in [-0.39, 0.29) is 12.1 Å². The summed E-state index contributed by atoms with van der Waals surface area (Å²) >= 11 is 0. The van der Waals surface area contributed by atoms with Crippen LogP contribution in [-0.4, -0.2) is 67.8 Å². The van der Waals surface area contributed by atoms with Gasteiger partial charge in [0, 0.05) is 45.3 Å². The second-order valence-electron chi connectivity index (χ2n) is 7.75. The third-order valence-electron chi connectivity index (χ3n) is 5.52. The lowest BCUT2D eigenvalue weighted by molar-refractivity contribution is 0.00743. The first-order valence-electron chi connectivity index (χ1n) is 9.73. The van der Waals surface area contributed by atoms with Crippen molar-refractivity contribution >= 4 is 6.03 Å². The van der Waals surface area contributed by atoms with Gasteiger partial charge in [-0.3, -0.25) is 4.90 Å². The first-order chi connectivity index (χ1) is 13.1. The normalized spacial score (nSPS) is 27.0. The van der Waals surface area contributed by atoms with Crippen LogP contribution in [0.15, 0.2) is 18.2 Å². The van der Waals surface area contributed by atoms with Crippen LogP contribution in [0, 0.1) is 23.2 Å². The van der Waals surface area contributed by atoms with Crippen LogP contribution in [0.4, 0.5) is 4.79 Å². The van der Waals surface area contributed by atoms with Crippen LogP contribution in [0.1, 0.15) is 18.9 Å². The predicted molar refractivity (Wildman–Crippen MR) is 99.8 cm³/mol. The van der Waals surface area contributed by atoms with Crippen LogP contribution in [0.25, 0.3) is 0 Å². The van der Waals surface area contributed by atoms with E-state index in [0.29, 0.717) is 42.0 Å². The van der Waals surface area contributed by atoms with Crippen LogP contribution in [0.3, 0.4) is 0 Å². The van der Waals surface area contributed by atoms with E-state index < -0.39 is 0 Å². The number of piperidine rings is 2. The molecule has 3 aliphatic rings. The summed E-state index contributed by atoms with van der Waals surface area (Å²) in [5.74, 6) is 2.40. The van der Waals surface area contributed by atoms with E-state index in [2.05, 4.69) is 16.3 Å². The van der Waals surface area contributed by atoms with Crippen molar-refractivity contribution in [3.63, 3.8) is 0 Å². The molecule has 2 amide bonds. The maximum absolute atomic E-state index is 12.1. The molecule has 4 rings (SSSR count). The summed E-state index contributed by atoms with van der Waals surface area (Å²) in [6, 6.07) is 7.49. The number of fused-ring (bicyclic) bond motifs is 3. The number of likely N-dealkylation sites (tertiary alicyclic amines) is 2. The zero-order valence-electron chi connectivity index (χ0n) is 15.7. The second kappa shape index (κ2) is 7.65. The number of ether oxygens (including phenoxy) is 2. The summed E-state index contributed by atoms with van der Waals surface area (Å²) in [4.78, 5) is 16.6. The Balaban J connectivity index is 1.34. The Morgan fingerprint density at radius 3 is 2.74 bits per heavy atom. The molecule has 3 unspecified atom stereocenters. The predicted octanol–water partition coefficient (Wildman–Crippen LogP) is 1.68. The van der Waals surface area contributed by atoms with Gasteiger partial charge in [-0.25, -0.2) is 4.79 Å². The van der Waals surface area contributed by atoms with Crippen molar-refractivity contribution in [1.29, 1.82) is 5.26 Å². The van der Waals surface area contributed by atoms with Crippen molar-refractivity contribution in [3.8, 4) is 17.6 Å². The number of urea groups is 1. The van der Waals surface area contributed by atoms with Gasteiger partial charge in [0.15, 0.2) is 11.5 Å². The Bertz CT molecular complexity index is 733. The fraction of sp³-hybridized carbons (Fsp3) is 0.600. The standard InChI is InChI=1S/C20H26N4O3/c1-2-22-20(25)24-10-15-5-16(11-24)9-23(8-15)12-17-13-26-18-4-3-14(7-21)6-19(18)27-17/h3-4,6,15-17H,2,5,8-13H2,1H3,(H,22,25). The van der Waals surface area contributed by atoms with Crippen LogP contribution < -0.4 is 14.8 Å². The van der Waals surface area contributed by atoms with Gasteiger partial charge in [0.25, 0.3) is 0 Å². The molecule has 27 heavy (non-hydrogen) atoms. The van der Waals surface area contributed by atoms with Gasteiger partial charge in [-0.15, -0.1) is 0 Å². The zero-order chi connectivity index (χ0) is 18.8. The number of nitrogens with zero attached hydrogens (tertiary/aromatic N) is 3. The number of nitriles is 1. The Kier molecular flexibility index (Phi) is 5.08. The van der Waals surface area contributed by atoms with E-state index in [1.54, 1.807) is 18.2 Å². The van der Waals surface area contributed by atoms with E-state index in [1.165, 1.54) is 6.42 Å². The van der Waals surface area contributed by atoms with Crippen LogP contribution >= 0.6 is 0 Å². The molecule has 144 valence electrons. The van der Waals surface area contributed by atoms with Gasteiger partial charge >= 0.3 is 6.03 Å². The molecule has 3 heterocycles. The van der Waals surface area contributed by atoms with E-state index in [9.17, 15) is 4.79 Å². The molecule has 0 aromatic heterocycles. The van der Waals surface area contributed by atoms with Gasteiger partial charge in [-0.2, -0.15) is 5.26 Å². The van der Waals surface area contributed by atoms with E-state index >= 15 is 0 Å². The number of nitrogens with one attached hydrogen (secondary N) is 1. The number of benzene rings is 1. The molecule has 7 heteroatoms. The molecule has 0 spiro atoms. The molecule has 1 aromatic carbocycles. The number of hydrogen-bond donors (Lipinski definition) is 1. The van der Waals surface area contributed by atoms with Gasteiger partial charge in [0.1, 0.15) is 12.7 Å². The highest BCUT2D eigenvalue weighted by molar-refractivity contribution is 5.74. The Morgan fingerprint density at radius 2 is 2.04 bits per heavy atom. The number of carbonyl (C=O) groups is 1. The lowest BCUT2D eigenvalue weighted by Crippen LogP contribution is -2.57. The number of hydrogen-bond acceptors (Lipinski definition) is 5. The minimum absolute atomic E-state index is 0.0373. The van der Waals surface area contributed by atoms with Gasteiger partial charge in [0.2, 0.25) is 0 Å². The summed E-state index contributed by atoms with van der Waals surface area (Å²) in [6.45, 7) is 7.58. The maximum atomic E-state index is 12.1. The SMILES string of the molecule is CCNC(=O)N1CC2CC(CN(CC3COc4ccc(C#N)cc4O3)C2)C1. The number of amides is 2. The molecule has 2 bridgehead atoms. The summed E-state index contributed by atoms with van der Waals surface area (Å²) < 4.78 is 11.9. The molecular formula is C20H26N4O3. The van der Waals surface area contributed by atoms with Gasteiger partial charge < -0.3 is 19.7 Å². The largest absolute Gasteiger partial charge is 0.486 e. The third-order valence-corrected chi connectivity index (χ3v) is 5.52. The third kappa shape index (κ3) is 3.96. The first-order valence-corrected chi connectivity index (χ1v) is 9.73. The Morgan fingerprint density at radius 1 is 1.26 bits per heavy atom. The van der Waals surface area contributed by atoms with Crippen molar-refractivity contribution in [1.82, 2.24) is 15.1 Å². The van der Waals surface area contributed by atoms with Crippen LogP contribution in [-0.2, 0) is 0 Å². The monoisotopic (exact) mass is 370 g/mol. The highest BCUT2D eigenvalue weighted by Gasteiger charge is 2.37. The summed E-state index contributed by atoms with van der Waals surface area (Å²) in [6.07, 6.45) is 1.16. The van der Waals surface area contributed by atoms with Gasteiger partial charge in [-0.05, 0) is 37.3 Å². The second-order valence-corrected chi connectivity index (χ2v) is 7.75. The van der Waals surface area contributed by atoms with Gasteiger partial charge in [-0.1, -0.05) is 0 Å². The van der Waals surface area contributed by atoms with Crippen molar-refractivity contribution in [2.75, 3.05) is 45.9 Å². The molecule has 2 fully saturated rings. The summed E-state index contributed by atoms with van der Waals surface area (Å²) in [7, 11) is 0. The Labute approximate surface area is 159 Å². The molecule has 3 aliphatic heterocycles. The zero-order valence-corrected chi connectivity index (χ0v) is 15.7. The van der Waals surface area contributed by atoms with Crippen molar-refractivity contribution < 1.29 is 14.3 Å². The average Bonchev–Trinajstić information content (AvgIpc) is 2.67. The minimum atomic E-state index is -0.0373. The fourth-order valence-corrected chi connectivity index (χ4v) is 4.53. The Hall–Kier alpha value is -2.46. The smallest absolute Gasteiger partial charge is 0.317 e. The van der Waals surface area contributed by atoms with Crippen molar-refractivity contribution in [3.05, 3.63) is 23.8 Å². The van der Waals surface area contributed by atoms with Crippen LogP contribution in [0.2, 0.25) is 0 Å². The molecule has 0 aliphatic carbocycles. The number of carbonyl (C=O) groups excluding carboxylic acids is 1. The molecule has 2 saturated heterocycles. The number of rotatable bonds is 3. The van der Waals surface area contributed by atoms with Crippen LogP contribution in [0.5, 0.6) is 11.5 Å². The lowest BCUT2D eigenvalue weighted by atomic mass is 9.84. The molecule has 1 N–H and O–H groups in total. The van der Waals surface area contributed by atoms with E-state index in [0.717, 1.165) is 32.7 Å². The van der Waals surface area contributed by atoms with Crippen molar-refractivity contribution in [2.24, 2.45) is 11.8 Å². The first kappa shape index (κ1) is 17.9. The molecule has 1 aromatic rings. The summed E-state index contributed by atoms with van der Waals surface area (Å²) in [5, 5.41) is 12.0. The maximum Gasteiger partial charge on any atom is 0.317 e. The molecule has 0 saturated carbocycles. The molecule has 3 atom stereocenters. The highest BCUT2D eigenvalue weighted by Crippen LogP contribution is 2.34.